The van der Waals surface area contributed by atoms with Gasteiger partial charge in [0.1, 0.15) is 0 Å². The normalized spacial score (nSPS) is 14.8. The summed E-state index contributed by atoms with van der Waals surface area (Å²) in [5, 5.41) is 3.17. The van der Waals surface area contributed by atoms with Crippen LogP contribution in [0.4, 0.5) is 11.9 Å². The van der Waals surface area contributed by atoms with E-state index in [0.717, 1.165) is 34.8 Å². The molecule has 1 aliphatic rings. The minimum Gasteiger partial charge on any atom is -0.354 e. The molecule has 0 aromatic carbocycles. The molecule has 1 aliphatic heterocycles. The second kappa shape index (κ2) is 5.93. The lowest BCUT2D eigenvalue weighted by Gasteiger charge is -2.16. The highest BCUT2D eigenvalue weighted by Crippen LogP contribution is 2.30. The molecule has 7 heteroatoms. The molecule has 2 aromatic rings. The lowest BCUT2D eigenvalue weighted by Crippen LogP contribution is -2.21. The van der Waals surface area contributed by atoms with Crippen molar-refractivity contribution in [2.24, 2.45) is 0 Å². The number of thiophene rings is 1. The van der Waals surface area contributed by atoms with Gasteiger partial charge in [0.05, 0.1) is 9.21 Å². The third-order valence-corrected chi connectivity index (χ3v) is 4.37. The number of anilines is 2. The molecule has 1 N–H and O–H groups in total. The van der Waals surface area contributed by atoms with Crippen LogP contribution in [0.25, 0.3) is 10.7 Å². The molecule has 0 amide bonds. The number of hydrogen-bond donors (Lipinski definition) is 1. The van der Waals surface area contributed by atoms with E-state index in [-0.39, 0.29) is 0 Å². The summed E-state index contributed by atoms with van der Waals surface area (Å²) in [7, 11) is 0. The number of aromatic nitrogens is 3. The molecule has 20 heavy (non-hydrogen) atoms. The minimum absolute atomic E-state index is 0.629. The van der Waals surface area contributed by atoms with Gasteiger partial charge in [-0.3, -0.25) is 0 Å². The molecule has 1 fully saturated rings. The van der Waals surface area contributed by atoms with Crippen molar-refractivity contribution in [1.82, 2.24) is 15.0 Å². The summed E-state index contributed by atoms with van der Waals surface area (Å²) < 4.78 is 0.744. The first-order valence-electron chi connectivity index (χ1n) is 6.77. The van der Waals surface area contributed by atoms with Gasteiger partial charge in [-0.1, -0.05) is 11.6 Å². The zero-order valence-electron chi connectivity index (χ0n) is 11.3. The summed E-state index contributed by atoms with van der Waals surface area (Å²) in [6, 6.07) is 3.82. The molecular weight excluding hydrogens is 294 g/mol. The van der Waals surface area contributed by atoms with Gasteiger partial charge in [-0.2, -0.15) is 15.0 Å². The number of rotatable bonds is 4. The maximum atomic E-state index is 6.00. The first-order chi connectivity index (χ1) is 9.76. The summed E-state index contributed by atoms with van der Waals surface area (Å²) in [5.41, 5.74) is 0. The highest BCUT2D eigenvalue weighted by molar-refractivity contribution is 7.19. The Morgan fingerprint density at radius 2 is 2.05 bits per heavy atom. The van der Waals surface area contributed by atoms with Crippen molar-refractivity contribution < 1.29 is 0 Å². The van der Waals surface area contributed by atoms with E-state index in [0.29, 0.717) is 11.8 Å². The molecule has 0 atom stereocenters. The van der Waals surface area contributed by atoms with Gasteiger partial charge < -0.3 is 10.2 Å². The van der Waals surface area contributed by atoms with Crippen molar-refractivity contribution in [3.05, 3.63) is 16.5 Å². The number of nitrogens with one attached hydrogen (secondary N) is 1. The zero-order chi connectivity index (χ0) is 13.9. The van der Waals surface area contributed by atoms with Crippen molar-refractivity contribution in [1.29, 1.82) is 0 Å². The van der Waals surface area contributed by atoms with E-state index in [2.05, 4.69) is 25.2 Å². The molecule has 0 unspecified atom stereocenters. The van der Waals surface area contributed by atoms with E-state index in [1.807, 2.05) is 19.1 Å². The Morgan fingerprint density at radius 1 is 1.25 bits per heavy atom. The van der Waals surface area contributed by atoms with Crippen LogP contribution in [0.5, 0.6) is 0 Å². The molecule has 0 aliphatic carbocycles. The quantitative estimate of drug-likeness (QED) is 0.939. The van der Waals surface area contributed by atoms with Crippen molar-refractivity contribution in [3.63, 3.8) is 0 Å². The van der Waals surface area contributed by atoms with Gasteiger partial charge in [0.15, 0.2) is 5.82 Å². The largest absolute Gasteiger partial charge is 0.354 e. The van der Waals surface area contributed by atoms with E-state index in [4.69, 9.17) is 11.6 Å². The van der Waals surface area contributed by atoms with Crippen molar-refractivity contribution in [2.45, 2.75) is 19.8 Å². The standard InChI is InChI=1S/C13H16ClN5S/c1-2-15-12-16-11(9-5-6-10(14)20-9)17-13(18-12)19-7-3-4-8-19/h5-6H,2-4,7-8H2,1H3,(H,15,16,17,18). The Bertz CT molecular complexity index is 594. The van der Waals surface area contributed by atoms with Gasteiger partial charge in [0.2, 0.25) is 11.9 Å². The number of nitrogens with zero attached hydrogens (tertiary/aromatic N) is 4. The van der Waals surface area contributed by atoms with Crippen molar-refractivity contribution in [2.75, 3.05) is 29.9 Å². The van der Waals surface area contributed by atoms with Gasteiger partial charge in [-0.15, -0.1) is 11.3 Å². The average molecular weight is 310 g/mol. The topological polar surface area (TPSA) is 53.9 Å². The highest BCUT2D eigenvalue weighted by atomic mass is 35.5. The van der Waals surface area contributed by atoms with Crippen LogP contribution < -0.4 is 10.2 Å². The molecule has 0 saturated carbocycles. The third kappa shape index (κ3) is 2.86. The first kappa shape index (κ1) is 13.6. The second-order valence-corrected chi connectivity index (χ2v) is 6.33. The summed E-state index contributed by atoms with van der Waals surface area (Å²) in [6.07, 6.45) is 2.39. The van der Waals surface area contributed by atoms with Gasteiger partial charge in [-0.25, -0.2) is 0 Å². The fourth-order valence-corrected chi connectivity index (χ4v) is 3.18. The van der Waals surface area contributed by atoms with Gasteiger partial charge in [-0.05, 0) is 31.9 Å². The maximum absolute atomic E-state index is 6.00. The van der Waals surface area contributed by atoms with Crippen LogP contribution in [0, 0.1) is 0 Å². The van der Waals surface area contributed by atoms with Crippen LogP contribution in [-0.2, 0) is 0 Å². The Kier molecular flexibility index (Phi) is 4.03. The molecular formula is C13H16ClN5S. The molecule has 2 aromatic heterocycles. The highest BCUT2D eigenvalue weighted by Gasteiger charge is 2.18. The summed E-state index contributed by atoms with van der Waals surface area (Å²) in [4.78, 5) is 16.7. The predicted octanol–water partition coefficient (Wildman–Crippen LogP) is 3.29. The summed E-state index contributed by atoms with van der Waals surface area (Å²) >= 11 is 7.48. The predicted molar refractivity (Wildman–Crippen MR) is 83.8 cm³/mol. The Balaban J connectivity index is 1.99. The van der Waals surface area contributed by atoms with E-state index < -0.39 is 0 Å². The summed E-state index contributed by atoms with van der Waals surface area (Å²) in [5.74, 6) is 2.08. The molecule has 3 rings (SSSR count). The van der Waals surface area contributed by atoms with E-state index in [1.54, 1.807) is 0 Å². The van der Waals surface area contributed by atoms with Crippen LogP contribution in [-0.4, -0.2) is 34.6 Å². The van der Waals surface area contributed by atoms with Crippen LogP contribution in [0.2, 0.25) is 4.34 Å². The smallest absolute Gasteiger partial charge is 0.230 e. The minimum atomic E-state index is 0.629. The first-order valence-corrected chi connectivity index (χ1v) is 7.96. The van der Waals surface area contributed by atoms with Gasteiger partial charge in [0, 0.05) is 19.6 Å². The van der Waals surface area contributed by atoms with Crippen LogP contribution >= 0.6 is 22.9 Å². The fourth-order valence-electron chi connectivity index (χ4n) is 2.21. The maximum Gasteiger partial charge on any atom is 0.230 e. The molecule has 5 nitrogen and oxygen atoms in total. The zero-order valence-corrected chi connectivity index (χ0v) is 12.8. The molecule has 0 spiro atoms. The van der Waals surface area contributed by atoms with Crippen molar-refractivity contribution in [3.8, 4) is 10.7 Å². The van der Waals surface area contributed by atoms with Crippen LogP contribution in [0.15, 0.2) is 12.1 Å². The second-order valence-electron chi connectivity index (χ2n) is 4.61. The number of hydrogen-bond acceptors (Lipinski definition) is 6. The Morgan fingerprint density at radius 3 is 2.70 bits per heavy atom. The van der Waals surface area contributed by atoms with Crippen molar-refractivity contribution >= 4 is 34.8 Å². The molecule has 3 heterocycles. The lowest BCUT2D eigenvalue weighted by molar-refractivity contribution is 0.882. The Labute approximate surface area is 127 Å². The van der Waals surface area contributed by atoms with Crippen LogP contribution in [0.3, 0.4) is 0 Å². The van der Waals surface area contributed by atoms with Gasteiger partial charge >= 0.3 is 0 Å². The number of halogens is 1. The van der Waals surface area contributed by atoms with Crippen LogP contribution in [0.1, 0.15) is 19.8 Å². The molecule has 106 valence electrons. The van der Waals surface area contributed by atoms with E-state index in [9.17, 15) is 0 Å². The average Bonchev–Trinajstić information content (AvgIpc) is 3.09. The lowest BCUT2D eigenvalue weighted by atomic mass is 10.4. The van der Waals surface area contributed by atoms with Gasteiger partial charge in [0.25, 0.3) is 0 Å². The molecule has 1 saturated heterocycles. The molecule has 0 radical (unpaired) electrons. The molecule has 0 bridgehead atoms. The Hall–Kier alpha value is -1.40. The SMILES string of the molecule is CCNc1nc(-c2ccc(Cl)s2)nc(N2CCCC2)n1. The monoisotopic (exact) mass is 309 g/mol. The van der Waals surface area contributed by atoms with E-state index >= 15 is 0 Å². The van der Waals surface area contributed by atoms with E-state index in [1.165, 1.54) is 24.2 Å². The summed E-state index contributed by atoms with van der Waals surface area (Å²) in [6.45, 7) is 4.84. The fraction of sp³-hybridized carbons (Fsp3) is 0.462. The third-order valence-electron chi connectivity index (χ3n) is 3.14.